The van der Waals surface area contributed by atoms with Gasteiger partial charge in [-0.3, -0.25) is 9.89 Å². The topological polar surface area (TPSA) is 121 Å². The van der Waals surface area contributed by atoms with Gasteiger partial charge in [0.15, 0.2) is 5.76 Å². The number of hydrogen-bond acceptors (Lipinski definition) is 5. The normalized spacial score (nSPS) is 12.1. The summed E-state index contributed by atoms with van der Waals surface area (Å²) in [7, 11) is 0. The summed E-state index contributed by atoms with van der Waals surface area (Å²) in [5.74, 6) is -1.61. The van der Waals surface area contributed by atoms with Crippen LogP contribution in [-0.4, -0.2) is 32.2 Å². The van der Waals surface area contributed by atoms with E-state index in [-0.39, 0.29) is 11.5 Å². The number of carbonyl (C=O) groups excluding carboxylic acids is 1. The first-order valence-electron chi connectivity index (χ1n) is 5.07. The maximum atomic E-state index is 11.7. The zero-order valence-electron chi connectivity index (χ0n) is 9.38. The summed E-state index contributed by atoms with van der Waals surface area (Å²) in [5.41, 5.74) is 0. The predicted molar refractivity (Wildman–Crippen MR) is 57.9 cm³/mol. The van der Waals surface area contributed by atoms with Crippen LogP contribution < -0.4 is 5.32 Å². The summed E-state index contributed by atoms with van der Waals surface area (Å²) in [5, 5.41) is 17.5. The molecule has 8 heteroatoms. The highest BCUT2D eigenvalue weighted by molar-refractivity contribution is 5.93. The van der Waals surface area contributed by atoms with Gasteiger partial charge < -0.3 is 14.8 Å². The fraction of sp³-hybridized carbons (Fsp3) is 0.200. The molecule has 2 aromatic rings. The quantitative estimate of drug-likeness (QED) is 0.730. The van der Waals surface area contributed by atoms with Gasteiger partial charge in [0.25, 0.3) is 5.91 Å². The number of amides is 1. The van der Waals surface area contributed by atoms with Crippen molar-refractivity contribution < 1.29 is 19.1 Å². The van der Waals surface area contributed by atoms with Crippen molar-refractivity contribution in [3.8, 4) is 0 Å². The molecule has 0 fully saturated rings. The number of carboxylic acids is 1. The Hall–Kier alpha value is -2.64. The summed E-state index contributed by atoms with van der Waals surface area (Å²) in [6, 6.07) is 2.13. The number of carbonyl (C=O) groups is 2. The lowest BCUT2D eigenvalue weighted by Crippen LogP contribution is -2.27. The lowest BCUT2D eigenvalue weighted by Gasteiger charge is -2.08. The summed E-state index contributed by atoms with van der Waals surface area (Å²) in [6.07, 6.45) is 1.33. The molecule has 2 aromatic heterocycles. The Bertz CT molecular complexity index is 560. The first-order valence-corrected chi connectivity index (χ1v) is 5.07. The molecule has 8 nitrogen and oxygen atoms in total. The second kappa shape index (κ2) is 4.70. The van der Waals surface area contributed by atoms with Gasteiger partial charge in [-0.2, -0.15) is 5.10 Å². The van der Waals surface area contributed by atoms with Gasteiger partial charge in [0.2, 0.25) is 5.76 Å². The van der Waals surface area contributed by atoms with Crippen molar-refractivity contribution in [3.05, 3.63) is 35.8 Å². The Labute approximate surface area is 101 Å². The third-order valence-electron chi connectivity index (χ3n) is 2.23. The number of aromatic nitrogens is 3. The Balaban J connectivity index is 2.05. The van der Waals surface area contributed by atoms with Crippen LogP contribution in [0.4, 0.5) is 0 Å². The molecule has 0 aliphatic carbocycles. The van der Waals surface area contributed by atoms with E-state index < -0.39 is 17.9 Å². The molecular weight excluding hydrogens is 240 g/mol. The van der Waals surface area contributed by atoms with Gasteiger partial charge >= 0.3 is 5.97 Å². The Morgan fingerprint density at radius 2 is 2.17 bits per heavy atom. The zero-order chi connectivity index (χ0) is 13.1. The SMILES string of the molecule is CC(NC(=O)c1ccc(C(=O)O)o1)c1ncn[nH]1. The minimum Gasteiger partial charge on any atom is -0.475 e. The van der Waals surface area contributed by atoms with Gasteiger partial charge in [-0.1, -0.05) is 0 Å². The number of hydrogen-bond donors (Lipinski definition) is 3. The van der Waals surface area contributed by atoms with Crippen LogP contribution >= 0.6 is 0 Å². The van der Waals surface area contributed by atoms with Crippen molar-refractivity contribution >= 4 is 11.9 Å². The minimum atomic E-state index is -1.22. The van der Waals surface area contributed by atoms with Crippen LogP contribution in [0.2, 0.25) is 0 Å². The zero-order valence-corrected chi connectivity index (χ0v) is 9.38. The fourth-order valence-corrected chi connectivity index (χ4v) is 1.33. The highest BCUT2D eigenvalue weighted by atomic mass is 16.4. The van der Waals surface area contributed by atoms with Crippen molar-refractivity contribution in [1.29, 1.82) is 0 Å². The number of H-pyrrole nitrogens is 1. The molecule has 2 rings (SSSR count). The Kier molecular flexibility index (Phi) is 3.09. The van der Waals surface area contributed by atoms with Crippen molar-refractivity contribution in [2.45, 2.75) is 13.0 Å². The molecular formula is C10H10N4O4. The standard InChI is InChI=1S/C10H10N4O4/c1-5(8-11-4-12-14-8)13-9(15)6-2-3-7(18-6)10(16)17/h2-5H,1H3,(H,13,15)(H,16,17)(H,11,12,14). The van der Waals surface area contributed by atoms with E-state index in [4.69, 9.17) is 9.52 Å². The van der Waals surface area contributed by atoms with Gasteiger partial charge in [-0.05, 0) is 19.1 Å². The third-order valence-corrected chi connectivity index (χ3v) is 2.23. The lowest BCUT2D eigenvalue weighted by molar-refractivity contribution is 0.0659. The number of nitrogens with zero attached hydrogens (tertiary/aromatic N) is 2. The van der Waals surface area contributed by atoms with Crippen molar-refractivity contribution in [3.63, 3.8) is 0 Å². The predicted octanol–water partition coefficient (Wildman–Crippen LogP) is 0.587. The maximum absolute atomic E-state index is 11.7. The van der Waals surface area contributed by atoms with E-state index in [1.807, 2.05) is 0 Å². The van der Waals surface area contributed by atoms with Crippen LogP contribution in [0.5, 0.6) is 0 Å². The Morgan fingerprint density at radius 3 is 2.72 bits per heavy atom. The molecule has 0 saturated heterocycles. The van der Waals surface area contributed by atoms with Crippen molar-refractivity contribution in [2.24, 2.45) is 0 Å². The van der Waals surface area contributed by atoms with Crippen LogP contribution in [0.15, 0.2) is 22.9 Å². The number of furan rings is 1. The van der Waals surface area contributed by atoms with Crippen LogP contribution in [0, 0.1) is 0 Å². The fourth-order valence-electron chi connectivity index (χ4n) is 1.33. The summed E-state index contributed by atoms with van der Waals surface area (Å²) in [4.78, 5) is 26.2. The molecule has 1 unspecified atom stereocenters. The molecule has 18 heavy (non-hydrogen) atoms. The third kappa shape index (κ3) is 2.37. The molecule has 0 radical (unpaired) electrons. The van der Waals surface area contributed by atoms with Gasteiger partial charge in [-0.15, -0.1) is 0 Å². The summed E-state index contributed by atoms with van der Waals surface area (Å²) in [6.45, 7) is 1.71. The smallest absolute Gasteiger partial charge is 0.371 e. The van der Waals surface area contributed by atoms with Crippen molar-refractivity contribution in [2.75, 3.05) is 0 Å². The van der Waals surface area contributed by atoms with Gasteiger partial charge in [0.1, 0.15) is 12.2 Å². The number of nitrogens with one attached hydrogen (secondary N) is 2. The highest BCUT2D eigenvalue weighted by Crippen LogP contribution is 2.10. The van der Waals surface area contributed by atoms with E-state index in [2.05, 4.69) is 20.5 Å². The van der Waals surface area contributed by atoms with Gasteiger partial charge in [0.05, 0.1) is 6.04 Å². The number of aromatic amines is 1. The molecule has 1 amide bonds. The molecule has 2 heterocycles. The molecule has 1 atom stereocenters. The van der Waals surface area contributed by atoms with E-state index in [1.54, 1.807) is 6.92 Å². The number of rotatable bonds is 4. The van der Waals surface area contributed by atoms with Gasteiger partial charge in [0, 0.05) is 0 Å². The number of aromatic carboxylic acids is 1. The first kappa shape index (κ1) is 11.8. The summed E-state index contributed by atoms with van der Waals surface area (Å²) < 4.78 is 4.87. The molecule has 0 aromatic carbocycles. The van der Waals surface area contributed by atoms with Crippen LogP contribution in [0.3, 0.4) is 0 Å². The highest BCUT2D eigenvalue weighted by Gasteiger charge is 2.18. The van der Waals surface area contributed by atoms with Crippen LogP contribution in [0.25, 0.3) is 0 Å². The lowest BCUT2D eigenvalue weighted by atomic mass is 10.3. The number of carboxylic acid groups (broad SMARTS) is 1. The average molecular weight is 250 g/mol. The van der Waals surface area contributed by atoms with Crippen LogP contribution in [-0.2, 0) is 0 Å². The largest absolute Gasteiger partial charge is 0.475 e. The van der Waals surface area contributed by atoms with E-state index in [9.17, 15) is 9.59 Å². The molecule has 0 saturated carbocycles. The van der Waals surface area contributed by atoms with E-state index in [1.165, 1.54) is 18.5 Å². The van der Waals surface area contributed by atoms with E-state index in [0.29, 0.717) is 5.82 Å². The molecule has 3 N–H and O–H groups in total. The second-order valence-corrected chi connectivity index (χ2v) is 3.53. The molecule has 0 aliphatic heterocycles. The minimum absolute atomic E-state index is 0.0706. The first-order chi connectivity index (χ1) is 8.58. The second-order valence-electron chi connectivity index (χ2n) is 3.53. The van der Waals surface area contributed by atoms with Crippen molar-refractivity contribution in [1.82, 2.24) is 20.5 Å². The van der Waals surface area contributed by atoms with E-state index in [0.717, 1.165) is 0 Å². The van der Waals surface area contributed by atoms with E-state index >= 15 is 0 Å². The molecule has 0 aliphatic rings. The monoisotopic (exact) mass is 250 g/mol. The average Bonchev–Trinajstić information content (AvgIpc) is 3.00. The van der Waals surface area contributed by atoms with Gasteiger partial charge in [-0.25, -0.2) is 9.78 Å². The Morgan fingerprint density at radius 1 is 1.44 bits per heavy atom. The molecule has 0 bridgehead atoms. The maximum Gasteiger partial charge on any atom is 0.371 e. The molecule has 94 valence electrons. The molecule has 0 spiro atoms. The summed E-state index contributed by atoms with van der Waals surface area (Å²) >= 11 is 0. The van der Waals surface area contributed by atoms with Crippen LogP contribution in [0.1, 0.15) is 39.9 Å².